The lowest BCUT2D eigenvalue weighted by Gasteiger charge is -2.12. The molecule has 0 fully saturated rings. The summed E-state index contributed by atoms with van der Waals surface area (Å²) in [5, 5.41) is 12.9. The number of hydrogen-bond donors (Lipinski definition) is 1. The minimum atomic E-state index is -0.325. The van der Waals surface area contributed by atoms with Crippen LogP contribution in [-0.4, -0.2) is 27.3 Å². The summed E-state index contributed by atoms with van der Waals surface area (Å²) in [7, 11) is 0. The molecule has 1 N–H and O–H groups in total. The lowest BCUT2D eigenvalue weighted by Crippen LogP contribution is -2.20. The van der Waals surface area contributed by atoms with Crippen LogP contribution >= 0.6 is 34.8 Å². The summed E-state index contributed by atoms with van der Waals surface area (Å²) in [6.07, 6.45) is 4.27. The number of carbonyl (C=O) groups is 1. The molecule has 1 aliphatic rings. The van der Waals surface area contributed by atoms with E-state index >= 15 is 0 Å². The van der Waals surface area contributed by atoms with E-state index in [0.29, 0.717) is 26.5 Å². The van der Waals surface area contributed by atoms with Gasteiger partial charge in [-0.2, -0.15) is 0 Å². The summed E-state index contributed by atoms with van der Waals surface area (Å²) in [5.74, 6) is 1.76. The molecular formula is C21H19Cl3N4O2. The Morgan fingerprint density at radius 3 is 2.73 bits per heavy atom. The number of aromatic nitrogens is 3. The van der Waals surface area contributed by atoms with Gasteiger partial charge in [-0.3, -0.25) is 4.79 Å². The first-order chi connectivity index (χ1) is 14.5. The number of halogens is 3. The Balaban J connectivity index is 1.48. The fourth-order valence-corrected chi connectivity index (χ4v) is 4.06. The highest BCUT2D eigenvalue weighted by Gasteiger charge is 2.18. The molecule has 1 amide bonds. The zero-order valence-corrected chi connectivity index (χ0v) is 18.3. The van der Waals surface area contributed by atoms with Gasteiger partial charge >= 0.3 is 0 Å². The summed E-state index contributed by atoms with van der Waals surface area (Å²) < 4.78 is 7.60. The molecule has 9 heteroatoms. The fraction of sp³-hybridized carbons (Fsp3) is 0.286. The number of ether oxygens (including phenoxy) is 1. The Kier molecular flexibility index (Phi) is 6.46. The van der Waals surface area contributed by atoms with Crippen LogP contribution in [0.15, 0.2) is 36.4 Å². The third-order valence-corrected chi connectivity index (χ3v) is 5.71. The molecule has 2 heterocycles. The number of hydrogen-bond acceptors (Lipinski definition) is 4. The minimum absolute atomic E-state index is 0.195. The SMILES string of the molecule is O=C(COc1ccc(Cl)cc1Cl)Nc1ccc(Cl)c(-c2nnc3n2CCCCC3)c1. The highest BCUT2D eigenvalue weighted by molar-refractivity contribution is 6.35. The Hall–Kier alpha value is -2.28. The van der Waals surface area contributed by atoms with Crippen molar-refractivity contribution >= 4 is 46.4 Å². The maximum Gasteiger partial charge on any atom is 0.262 e. The molecule has 0 radical (unpaired) electrons. The van der Waals surface area contributed by atoms with Crippen LogP contribution in [0.5, 0.6) is 5.75 Å². The largest absolute Gasteiger partial charge is 0.482 e. The molecule has 2 aromatic carbocycles. The van der Waals surface area contributed by atoms with Crippen LogP contribution in [0, 0.1) is 0 Å². The van der Waals surface area contributed by atoms with E-state index in [1.54, 1.807) is 36.4 Å². The second-order valence-electron chi connectivity index (χ2n) is 7.01. The molecule has 0 spiro atoms. The van der Waals surface area contributed by atoms with Gasteiger partial charge in [-0.25, -0.2) is 0 Å². The summed E-state index contributed by atoms with van der Waals surface area (Å²) in [4.78, 5) is 12.4. The van der Waals surface area contributed by atoms with Crippen molar-refractivity contribution in [3.05, 3.63) is 57.3 Å². The third-order valence-electron chi connectivity index (χ3n) is 4.85. The maximum atomic E-state index is 12.4. The number of anilines is 1. The highest BCUT2D eigenvalue weighted by Crippen LogP contribution is 2.31. The van der Waals surface area contributed by atoms with Gasteiger partial charge in [0.25, 0.3) is 5.91 Å². The van der Waals surface area contributed by atoms with E-state index in [4.69, 9.17) is 39.5 Å². The van der Waals surface area contributed by atoms with Gasteiger partial charge in [0.15, 0.2) is 12.4 Å². The number of rotatable bonds is 5. The molecule has 0 saturated heterocycles. The molecule has 1 aliphatic heterocycles. The number of carbonyl (C=O) groups excluding carboxylic acids is 1. The molecule has 0 saturated carbocycles. The summed E-state index contributed by atoms with van der Waals surface area (Å²) in [6.45, 7) is 0.667. The van der Waals surface area contributed by atoms with Crippen LogP contribution in [0.2, 0.25) is 15.1 Å². The van der Waals surface area contributed by atoms with E-state index in [9.17, 15) is 4.79 Å². The second-order valence-corrected chi connectivity index (χ2v) is 8.26. The average Bonchev–Trinajstić information content (AvgIpc) is 2.96. The van der Waals surface area contributed by atoms with Crippen molar-refractivity contribution in [3.63, 3.8) is 0 Å². The molecule has 0 aliphatic carbocycles. The standard InChI is InChI=1S/C21H19Cl3N4O2/c22-13-5-8-18(17(24)10-13)30-12-20(29)25-14-6-7-16(23)15(11-14)21-27-26-19-4-2-1-3-9-28(19)21/h5-8,10-11H,1-4,9,12H2,(H,25,29). The van der Waals surface area contributed by atoms with Crippen molar-refractivity contribution in [1.82, 2.24) is 14.8 Å². The molecule has 30 heavy (non-hydrogen) atoms. The zero-order chi connectivity index (χ0) is 21.1. The van der Waals surface area contributed by atoms with Gasteiger partial charge in [0, 0.05) is 29.2 Å². The number of benzene rings is 2. The molecule has 0 atom stereocenters. The van der Waals surface area contributed by atoms with Gasteiger partial charge in [0.1, 0.15) is 11.6 Å². The van der Waals surface area contributed by atoms with E-state index in [1.165, 1.54) is 6.42 Å². The predicted octanol–water partition coefficient (Wildman–Crippen LogP) is 5.65. The van der Waals surface area contributed by atoms with Crippen LogP contribution in [-0.2, 0) is 17.8 Å². The van der Waals surface area contributed by atoms with Crippen molar-refractivity contribution in [3.8, 4) is 17.1 Å². The normalized spacial score (nSPS) is 13.4. The fourth-order valence-electron chi connectivity index (χ4n) is 3.39. The Labute approximate surface area is 189 Å². The molecule has 3 aromatic rings. The molecule has 6 nitrogen and oxygen atoms in total. The first-order valence-corrected chi connectivity index (χ1v) is 10.7. The smallest absolute Gasteiger partial charge is 0.262 e. The van der Waals surface area contributed by atoms with E-state index in [-0.39, 0.29) is 12.5 Å². The van der Waals surface area contributed by atoms with Crippen molar-refractivity contribution in [2.24, 2.45) is 0 Å². The minimum Gasteiger partial charge on any atom is -0.482 e. The van der Waals surface area contributed by atoms with Gasteiger partial charge in [-0.15, -0.1) is 10.2 Å². The van der Waals surface area contributed by atoms with Gasteiger partial charge in [-0.1, -0.05) is 41.2 Å². The molecule has 4 rings (SSSR count). The summed E-state index contributed by atoms with van der Waals surface area (Å²) in [6, 6.07) is 10.1. The maximum absolute atomic E-state index is 12.4. The molecule has 0 unspecified atom stereocenters. The van der Waals surface area contributed by atoms with E-state index < -0.39 is 0 Å². The second kappa shape index (κ2) is 9.25. The Bertz CT molecular complexity index is 1080. The number of nitrogens with one attached hydrogen (secondary N) is 1. The quantitative estimate of drug-likeness (QED) is 0.529. The zero-order valence-electron chi connectivity index (χ0n) is 16.0. The van der Waals surface area contributed by atoms with Gasteiger partial charge in [0.2, 0.25) is 0 Å². The van der Waals surface area contributed by atoms with Crippen LogP contribution in [0.25, 0.3) is 11.4 Å². The number of amides is 1. The van der Waals surface area contributed by atoms with Crippen LogP contribution in [0.4, 0.5) is 5.69 Å². The molecular weight excluding hydrogens is 447 g/mol. The number of nitrogens with zero attached hydrogens (tertiary/aromatic N) is 3. The van der Waals surface area contributed by atoms with Crippen LogP contribution in [0.1, 0.15) is 25.1 Å². The predicted molar refractivity (Wildman–Crippen MR) is 119 cm³/mol. The number of aryl methyl sites for hydroxylation is 1. The van der Waals surface area contributed by atoms with Gasteiger partial charge < -0.3 is 14.6 Å². The Morgan fingerprint density at radius 2 is 1.90 bits per heavy atom. The van der Waals surface area contributed by atoms with Crippen molar-refractivity contribution < 1.29 is 9.53 Å². The lowest BCUT2D eigenvalue weighted by atomic mass is 10.1. The topological polar surface area (TPSA) is 69.0 Å². The summed E-state index contributed by atoms with van der Waals surface area (Å²) >= 11 is 18.4. The van der Waals surface area contributed by atoms with E-state index in [0.717, 1.165) is 43.0 Å². The summed E-state index contributed by atoms with van der Waals surface area (Å²) in [5.41, 5.74) is 1.33. The van der Waals surface area contributed by atoms with Crippen molar-refractivity contribution in [1.29, 1.82) is 0 Å². The monoisotopic (exact) mass is 464 g/mol. The molecule has 1 aromatic heterocycles. The highest BCUT2D eigenvalue weighted by atomic mass is 35.5. The molecule has 0 bridgehead atoms. The van der Waals surface area contributed by atoms with Crippen LogP contribution in [0.3, 0.4) is 0 Å². The van der Waals surface area contributed by atoms with Gasteiger partial charge in [0.05, 0.1) is 10.0 Å². The Morgan fingerprint density at radius 1 is 1.03 bits per heavy atom. The average molecular weight is 466 g/mol. The van der Waals surface area contributed by atoms with E-state index in [2.05, 4.69) is 20.1 Å². The van der Waals surface area contributed by atoms with Crippen LogP contribution < -0.4 is 10.1 Å². The molecule has 156 valence electrons. The third kappa shape index (κ3) is 4.72. The number of fused-ring (bicyclic) bond motifs is 1. The first kappa shape index (κ1) is 21.0. The van der Waals surface area contributed by atoms with Crippen molar-refractivity contribution in [2.45, 2.75) is 32.2 Å². The lowest BCUT2D eigenvalue weighted by molar-refractivity contribution is -0.118. The van der Waals surface area contributed by atoms with E-state index in [1.807, 2.05) is 0 Å². The first-order valence-electron chi connectivity index (χ1n) is 9.61. The van der Waals surface area contributed by atoms with Crippen molar-refractivity contribution in [2.75, 3.05) is 11.9 Å². The van der Waals surface area contributed by atoms with Gasteiger partial charge in [-0.05, 0) is 49.2 Å².